The zero-order chi connectivity index (χ0) is 27.6. The van der Waals surface area contributed by atoms with Crippen LogP contribution in [0.3, 0.4) is 0 Å². The van der Waals surface area contributed by atoms with Crippen molar-refractivity contribution in [3.8, 4) is 22.5 Å². The average molecular weight is 754 g/mol. The largest absolute Gasteiger partial charge is 0 e. The summed E-state index contributed by atoms with van der Waals surface area (Å²) in [6, 6.07) is 34.7. The third kappa shape index (κ3) is 6.32. The van der Waals surface area contributed by atoms with Crippen LogP contribution in [0.25, 0.3) is 42.7 Å². The van der Waals surface area contributed by atoms with Crippen LogP contribution in [0.15, 0.2) is 97.3 Å². The number of aryl methyl sites for hydroxylation is 1. The summed E-state index contributed by atoms with van der Waals surface area (Å²) in [6.45, 7) is 1.57. The molecule has 0 spiro atoms. The average Bonchev–Trinajstić information content (AvgIpc) is 3.32. The maximum absolute atomic E-state index is 7.91. The normalized spacial score (nSPS) is 12.2. The van der Waals surface area contributed by atoms with Gasteiger partial charge in [-0.05, 0) is 34.3 Å². The van der Waals surface area contributed by atoms with Crippen molar-refractivity contribution in [1.82, 2.24) is 9.97 Å². The molecule has 193 valence electrons. The fraction of sp³-hybridized carbons (Fsp3) is 0.152. The third-order valence-corrected chi connectivity index (χ3v) is 11.7. The molecule has 38 heavy (non-hydrogen) atoms. The molecule has 0 bridgehead atoms. The summed E-state index contributed by atoms with van der Waals surface area (Å²) in [5, 5.41) is 2.44. The van der Waals surface area contributed by atoms with Crippen molar-refractivity contribution in [3.05, 3.63) is 115 Å². The molecular formula is C33H30GeIrN2S-2. The molecule has 0 aliphatic carbocycles. The van der Waals surface area contributed by atoms with E-state index in [1.807, 2.05) is 48.7 Å². The molecule has 6 aromatic rings. The van der Waals surface area contributed by atoms with Crippen molar-refractivity contribution < 1.29 is 22.8 Å². The molecule has 6 rings (SSSR count). The number of benzene rings is 3. The van der Waals surface area contributed by atoms with Gasteiger partial charge in [-0.3, -0.25) is 0 Å². The summed E-state index contributed by atoms with van der Waals surface area (Å²) in [5.41, 5.74) is 4.42. The minimum atomic E-state index is -1.72. The number of pyridine rings is 2. The van der Waals surface area contributed by atoms with Crippen LogP contribution in [0.5, 0.6) is 0 Å². The molecule has 0 amide bonds. The van der Waals surface area contributed by atoms with Crippen molar-refractivity contribution in [3.63, 3.8) is 0 Å². The molecular weight excluding hydrogens is 721 g/mol. The minimum absolute atomic E-state index is 0. The second kappa shape index (κ2) is 12.5. The van der Waals surface area contributed by atoms with E-state index < -0.39 is 19.6 Å². The Morgan fingerprint density at radius 2 is 1.66 bits per heavy atom. The summed E-state index contributed by atoms with van der Waals surface area (Å²) in [7, 11) is 0. The van der Waals surface area contributed by atoms with Gasteiger partial charge in [-0.25, -0.2) is 0 Å². The summed E-state index contributed by atoms with van der Waals surface area (Å²) < 4.78 is 19.7. The van der Waals surface area contributed by atoms with Crippen molar-refractivity contribution in [2.45, 2.75) is 30.6 Å². The third-order valence-electron chi connectivity index (χ3n) is 6.26. The molecule has 1 radical (unpaired) electrons. The first kappa shape index (κ1) is 25.6. The Morgan fingerprint density at radius 3 is 2.37 bits per heavy atom. The molecule has 2 nitrogen and oxygen atoms in total. The van der Waals surface area contributed by atoms with E-state index in [9.17, 15) is 0 Å². The number of thiophene rings is 1. The van der Waals surface area contributed by atoms with Crippen LogP contribution in [0.1, 0.15) is 15.2 Å². The molecule has 0 unspecified atom stereocenters. The zero-order valence-electron chi connectivity index (χ0n) is 23.9. The van der Waals surface area contributed by atoms with Gasteiger partial charge in [-0.2, -0.15) is 11.3 Å². The summed E-state index contributed by atoms with van der Waals surface area (Å²) in [6.07, 6.45) is 2.33. The van der Waals surface area contributed by atoms with Crippen molar-refractivity contribution >= 4 is 49.2 Å². The molecule has 0 N–H and O–H groups in total. The van der Waals surface area contributed by atoms with E-state index in [4.69, 9.17) is 2.74 Å². The monoisotopic (exact) mass is 755 g/mol. The number of hydrogen-bond acceptors (Lipinski definition) is 3. The van der Waals surface area contributed by atoms with Crippen LogP contribution in [0.4, 0.5) is 0 Å². The molecule has 3 aromatic carbocycles. The van der Waals surface area contributed by atoms with Crippen LogP contribution in [-0.4, -0.2) is 23.2 Å². The van der Waals surface area contributed by atoms with Gasteiger partial charge in [0.15, 0.2) is 0 Å². The predicted molar refractivity (Wildman–Crippen MR) is 162 cm³/mol. The maximum atomic E-state index is 7.91. The molecule has 0 saturated heterocycles. The Balaban J connectivity index is 0.000000192. The van der Waals surface area contributed by atoms with Gasteiger partial charge in [0.2, 0.25) is 0 Å². The number of rotatable bonds is 4. The van der Waals surface area contributed by atoms with Gasteiger partial charge in [0.05, 0.1) is 0 Å². The molecule has 0 atom stereocenters. The predicted octanol–water partition coefficient (Wildman–Crippen LogP) is 8.57. The Hall–Kier alpha value is -2.63. The van der Waals surface area contributed by atoms with Crippen LogP contribution in [0, 0.1) is 12.1 Å². The molecule has 0 aliphatic heterocycles. The molecule has 0 fully saturated rings. The number of nitrogens with zero attached hydrogens (tertiary/aromatic N) is 2. The number of fused-ring (bicyclic) bond motifs is 3. The van der Waals surface area contributed by atoms with Crippen LogP contribution >= 0.6 is 11.3 Å². The summed E-state index contributed by atoms with van der Waals surface area (Å²) >= 11 is 0.0156. The fourth-order valence-electron chi connectivity index (χ4n) is 4.15. The fourth-order valence-corrected chi connectivity index (χ4v) is 7.53. The Morgan fingerprint density at radius 1 is 0.842 bits per heavy atom. The second-order valence-corrected chi connectivity index (χ2v) is 21.5. The van der Waals surface area contributed by atoms with Gasteiger partial charge in [0.25, 0.3) is 0 Å². The van der Waals surface area contributed by atoms with E-state index in [1.165, 1.54) is 19.9 Å². The van der Waals surface area contributed by atoms with E-state index in [0.29, 0.717) is 5.56 Å². The quantitative estimate of drug-likeness (QED) is 0.133. The van der Waals surface area contributed by atoms with Crippen molar-refractivity contribution in [2.75, 3.05) is 0 Å². The van der Waals surface area contributed by atoms with Gasteiger partial charge in [-0.1, -0.05) is 42.1 Å². The standard InChI is InChI=1S/C19H14NS.C14H16GeN.Ir/c1-2-13-10-11-20-17(12-13)16-8-5-7-15-14-6-3-4-9-18(14)21-19(15)16;1-15(2,3)13-9-10-14(16-11-13)12-7-5-4-6-8-12;/h3-7,9-12H,2H2,1H3;4-7,9-11H,1-3H3;/q2*-1;/i2D2;;. The number of hydrogen-bond donors (Lipinski definition) is 0. The van der Waals surface area contributed by atoms with Crippen molar-refractivity contribution in [2.24, 2.45) is 0 Å². The topological polar surface area (TPSA) is 25.8 Å². The smallest absolute Gasteiger partial charge is 0 e. The van der Waals surface area contributed by atoms with Crippen LogP contribution < -0.4 is 4.40 Å². The minimum Gasteiger partial charge on any atom is 0 e. The molecule has 5 heteroatoms. The van der Waals surface area contributed by atoms with Gasteiger partial charge in [0.1, 0.15) is 0 Å². The molecule has 0 aliphatic rings. The van der Waals surface area contributed by atoms with Crippen molar-refractivity contribution in [1.29, 1.82) is 0 Å². The number of aromatic nitrogens is 2. The van der Waals surface area contributed by atoms with E-state index in [0.717, 1.165) is 27.2 Å². The van der Waals surface area contributed by atoms with Gasteiger partial charge in [0, 0.05) is 33.7 Å². The van der Waals surface area contributed by atoms with E-state index in [2.05, 4.69) is 75.8 Å². The second-order valence-electron chi connectivity index (χ2n) is 9.83. The van der Waals surface area contributed by atoms with Crippen LogP contribution in [-0.2, 0) is 26.5 Å². The first-order valence-corrected chi connectivity index (χ1v) is 20.5. The molecule has 0 saturated carbocycles. The Labute approximate surface area is 248 Å². The summed E-state index contributed by atoms with van der Waals surface area (Å²) in [4.78, 5) is 8.98. The van der Waals surface area contributed by atoms with Gasteiger partial charge < -0.3 is 4.98 Å². The van der Waals surface area contributed by atoms with E-state index >= 15 is 0 Å². The van der Waals surface area contributed by atoms with Gasteiger partial charge in [-0.15, -0.1) is 23.8 Å². The summed E-state index contributed by atoms with van der Waals surface area (Å²) in [5.74, 6) is 7.14. The van der Waals surface area contributed by atoms with E-state index in [-0.39, 0.29) is 20.1 Å². The Bertz CT molecular complexity index is 1720. The molecule has 3 aromatic heterocycles. The zero-order valence-corrected chi connectivity index (χ0v) is 27.2. The van der Waals surface area contributed by atoms with E-state index in [1.54, 1.807) is 30.5 Å². The first-order chi connectivity index (χ1) is 18.6. The van der Waals surface area contributed by atoms with Crippen LogP contribution in [0.2, 0.25) is 17.3 Å². The first-order valence-electron chi connectivity index (χ1n) is 13.3. The SMILES string of the molecule is [2H]C([2H])(C)c1ccnc(-c2[c-]ccc3c2sc2ccccc23)c1.[CH3][Ge]([CH3])([CH3])[c]1ccc(-c2[c-]cccc2)nc1.[Ir]. The van der Waals surface area contributed by atoms with Gasteiger partial charge >= 0.3 is 99.8 Å². The Kier molecular flexibility index (Phi) is 8.42. The maximum Gasteiger partial charge on any atom is 0 e. The molecule has 3 heterocycles.